The molecule has 0 aliphatic heterocycles. The van der Waals surface area contributed by atoms with E-state index in [9.17, 15) is 0 Å². The van der Waals surface area contributed by atoms with Gasteiger partial charge in [0, 0.05) is 17.8 Å². The maximum absolute atomic E-state index is 6.15. The van der Waals surface area contributed by atoms with Gasteiger partial charge in [0.05, 0.1) is 17.8 Å². The third-order valence-electron chi connectivity index (χ3n) is 3.46. The molecule has 1 aromatic heterocycles. The molecule has 128 valence electrons. The molecule has 0 saturated heterocycles. The number of hydrogen-bond donors (Lipinski definition) is 2. The van der Waals surface area contributed by atoms with Gasteiger partial charge < -0.3 is 15.4 Å². The van der Waals surface area contributed by atoms with Gasteiger partial charge in [0.2, 0.25) is 5.95 Å². The molecule has 0 fully saturated rings. The van der Waals surface area contributed by atoms with Crippen molar-refractivity contribution in [2.75, 3.05) is 17.7 Å². The summed E-state index contributed by atoms with van der Waals surface area (Å²) in [6.07, 6.45) is 1.67. The fraction of sp³-hybridized carbons (Fsp3) is 0.111. The summed E-state index contributed by atoms with van der Waals surface area (Å²) in [7, 11) is 1.65. The average Bonchev–Trinajstić information content (AvgIpc) is 2.64. The minimum absolute atomic E-state index is 0.434. The van der Waals surface area contributed by atoms with Crippen molar-refractivity contribution in [2.45, 2.75) is 6.54 Å². The molecule has 5 nitrogen and oxygen atoms in total. The summed E-state index contributed by atoms with van der Waals surface area (Å²) in [6.45, 7) is 0.637. The number of halogens is 2. The standard InChI is InChI=1S/C18H16Cl2N4O/c1-25-14-5-2-12(3-6-14)11-22-17-8-9-21-18(24-17)23-16-10-13(19)4-7-15(16)20/h2-10H,11H2,1H3,(H2,21,22,23,24). The predicted molar refractivity (Wildman–Crippen MR) is 102 cm³/mol. The second kappa shape index (κ2) is 8.05. The van der Waals surface area contributed by atoms with Crippen LogP contribution in [0.2, 0.25) is 10.0 Å². The molecule has 3 rings (SSSR count). The molecule has 1 heterocycles. The lowest BCUT2D eigenvalue weighted by atomic mass is 10.2. The molecule has 0 spiro atoms. The van der Waals surface area contributed by atoms with E-state index in [2.05, 4.69) is 20.6 Å². The minimum Gasteiger partial charge on any atom is -0.497 e. The fourth-order valence-corrected chi connectivity index (χ4v) is 2.50. The Morgan fingerprint density at radius 3 is 2.60 bits per heavy atom. The highest BCUT2D eigenvalue weighted by Gasteiger charge is 2.05. The molecule has 0 atom stereocenters. The van der Waals surface area contributed by atoms with Gasteiger partial charge in [0.15, 0.2) is 0 Å². The Kier molecular flexibility index (Phi) is 5.58. The summed E-state index contributed by atoms with van der Waals surface area (Å²) >= 11 is 12.1. The largest absolute Gasteiger partial charge is 0.497 e. The third-order valence-corrected chi connectivity index (χ3v) is 4.03. The molecule has 0 bridgehead atoms. The number of nitrogens with one attached hydrogen (secondary N) is 2. The zero-order valence-electron chi connectivity index (χ0n) is 13.5. The Bertz CT molecular complexity index is 856. The molecule has 2 N–H and O–H groups in total. The number of benzene rings is 2. The van der Waals surface area contributed by atoms with Crippen LogP contribution in [0.5, 0.6) is 5.75 Å². The van der Waals surface area contributed by atoms with Crippen LogP contribution >= 0.6 is 23.2 Å². The van der Waals surface area contributed by atoms with Crippen molar-refractivity contribution in [1.82, 2.24) is 9.97 Å². The number of ether oxygens (including phenoxy) is 1. The van der Waals surface area contributed by atoms with Crippen molar-refractivity contribution >= 4 is 40.7 Å². The van der Waals surface area contributed by atoms with Gasteiger partial charge in [0.25, 0.3) is 0 Å². The summed E-state index contributed by atoms with van der Waals surface area (Å²) in [5.41, 5.74) is 1.77. The van der Waals surface area contributed by atoms with Gasteiger partial charge in [0.1, 0.15) is 11.6 Å². The molecule has 0 radical (unpaired) electrons. The van der Waals surface area contributed by atoms with Gasteiger partial charge >= 0.3 is 0 Å². The Balaban J connectivity index is 1.67. The van der Waals surface area contributed by atoms with E-state index < -0.39 is 0 Å². The normalized spacial score (nSPS) is 10.4. The number of anilines is 3. The molecule has 0 aliphatic rings. The molecular weight excluding hydrogens is 359 g/mol. The van der Waals surface area contributed by atoms with E-state index in [1.807, 2.05) is 24.3 Å². The highest BCUT2D eigenvalue weighted by Crippen LogP contribution is 2.27. The lowest BCUT2D eigenvalue weighted by Gasteiger charge is -2.10. The molecule has 0 aliphatic carbocycles. The molecule has 0 unspecified atom stereocenters. The first-order chi connectivity index (χ1) is 12.1. The first kappa shape index (κ1) is 17.3. The number of methoxy groups -OCH3 is 1. The first-order valence-corrected chi connectivity index (χ1v) is 8.31. The number of aromatic nitrogens is 2. The Hall–Kier alpha value is -2.50. The monoisotopic (exact) mass is 374 g/mol. The van der Waals surface area contributed by atoms with E-state index in [1.165, 1.54) is 0 Å². The average molecular weight is 375 g/mol. The molecule has 0 saturated carbocycles. The molecule has 2 aromatic carbocycles. The van der Waals surface area contributed by atoms with Crippen molar-refractivity contribution in [1.29, 1.82) is 0 Å². The SMILES string of the molecule is COc1ccc(CNc2ccnc(Nc3cc(Cl)ccc3Cl)n2)cc1. The van der Waals surface area contributed by atoms with Crippen LogP contribution in [-0.4, -0.2) is 17.1 Å². The summed E-state index contributed by atoms with van der Waals surface area (Å²) in [6, 6.07) is 14.8. The lowest BCUT2D eigenvalue weighted by Crippen LogP contribution is -2.04. The lowest BCUT2D eigenvalue weighted by molar-refractivity contribution is 0.414. The van der Waals surface area contributed by atoms with Gasteiger partial charge in [-0.05, 0) is 42.0 Å². The molecule has 25 heavy (non-hydrogen) atoms. The summed E-state index contributed by atoms with van der Waals surface area (Å²) in [4.78, 5) is 8.63. The highest BCUT2D eigenvalue weighted by atomic mass is 35.5. The van der Waals surface area contributed by atoms with Crippen molar-refractivity contribution in [3.8, 4) is 5.75 Å². The van der Waals surface area contributed by atoms with E-state index in [0.717, 1.165) is 11.3 Å². The van der Waals surface area contributed by atoms with E-state index in [0.29, 0.717) is 34.0 Å². The van der Waals surface area contributed by atoms with E-state index in [4.69, 9.17) is 27.9 Å². The topological polar surface area (TPSA) is 59.1 Å². The van der Waals surface area contributed by atoms with E-state index >= 15 is 0 Å². The smallest absolute Gasteiger partial charge is 0.229 e. The summed E-state index contributed by atoms with van der Waals surface area (Å²) in [5, 5.41) is 7.46. The Labute approximate surface area is 156 Å². The maximum Gasteiger partial charge on any atom is 0.229 e. The van der Waals surface area contributed by atoms with Crippen LogP contribution < -0.4 is 15.4 Å². The van der Waals surface area contributed by atoms with Gasteiger partial charge in [-0.15, -0.1) is 0 Å². The number of nitrogens with zero attached hydrogens (tertiary/aromatic N) is 2. The molecule has 3 aromatic rings. The highest BCUT2D eigenvalue weighted by molar-refractivity contribution is 6.35. The molecule has 0 amide bonds. The zero-order valence-corrected chi connectivity index (χ0v) is 15.0. The van der Waals surface area contributed by atoms with Gasteiger partial charge in [-0.1, -0.05) is 35.3 Å². The predicted octanol–water partition coefficient (Wildman–Crippen LogP) is 5.15. The van der Waals surface area contributed by atoms with Crippen LogP contribution in [0.4, 0.5) is 17.5 Å². The van der Waals surface area contributed by atoms with Crippen molar-refractivity contribution < 1.29 is 4.74 Å². The van der Waals surface area contributed by atoms with Crippen LogP contribution in [0.25, 0.3) is 0 Å². The first-order valence-electron chi connectivity index (χ1n) is 7.56. The van der Waals surface area contributed by atoms with Crippen LogP contribution in [0.1, 0.15) is 5.56 Å². The maximum atomic E-state index is 6.15. The number of hydrogen-bond acceptors (Lipinski definition) is 5. The minimum atomic E-state index is 0.434. The van der Waals surface area contributed by atoms with Crippen LogP contribution in [-0.2, 0) is 6.54 Å². The van der Waals surface area contributed by atoms with E-state index in [-0.39, 0.29) is 0 Å². The molecule has 7 heteroatoms. The van der Waals surface area contributed by atoms with Gasteiger partial charge in [-0.3, -0.25) is 0 Å². The third kappa shape index (κ3) is 4.75. The molecular formula is C18H16Cl2N4O. The van der Waals surface area contributed by atoms with Crippen LogP contribution in [0, 0.1) is 0 Å². The van der Waals surface area contributed by atoms with Crippen LogP contribution in [0.15, 0.2) is 54.7 Å². The Morgan fingerprint density at radius 2 is 1.84 bits per heavy atom. The van der Waals surface area contributed by atoms with Crippen LogP contribution in [0.3, 0.4) is 0 Å². The number of rotatable bonds is 6. The summed E-state index contributed by atoms with van der Waals surface area (Å²) < 4.78 is 5.15. The van der Waals surface area contributed by atoms with Crippen molar-refractivity contribution in [2.24, 2.45) is 0 Å². The van der Waals surface area contributed by atoms with Crippen molar-refractivity contribution in [3.63, 3.8) is 0 Å². The fourth-order valence-electron chi connectivity index (χ4n) is 2.17. The second-order valence-corrected chi connectivity index (χ2v) is 6.06. The zero-order chi connectivity index (χ0) is 17.6. The van der Waals surface area contributed by atoms with Crippen molar-refractivity contribution in [3.05, 3.63) is 70.3 Å². The van der Waals surface area contributed by atoms with Gasteiger partial charge in [-0.2, -0.15) is 4.98 Å². The van der Waals surface area contributed by atoms with E-state index in [1.54, 1.807) is 37.6 Å². The quantitative estimate of drug-likeness (QED) is 0.624. The van der Waals surface area contributed by atoms with Gasteiger partial charge in [-0.25, -0.2) is 4.98 Å². The summed E-state index contributed by atoms with van der Waals surface area (Å²) in [5.74, 6) is 1.96. The Morgan fingerprint density at radius 1 is 1.04 bits per heavy atom. The second-order valence-electron chi connectivity index (χ2n) is 5.22.